The van der Waals surface area contributed by atoms with Crippen molar-refractivity contribution in [3.63, 3.8) is 0 Å². The molecular formula is C22H32O3. The normalized spacial score (nSPS) is 52.0. The van der Waals surface area contributed by atoms with Crippen LogP contribution in [0.1, 0.15) is 72.6 Å². The monoisotopic (exact) mass is 344 g/mol. The lowest BCUT2D eigenvalue weighted by Crippen LogP contribution is -2.57. The molecule has 7 atom stereocenters. The van der Waals surface area contributed by atoms with Crippen LogP contribution in [0.4, 0.5) is 0 Å². The lowest BCUT2D eigenvalue weighted by atomic mass is 9.45. The summed E-state index contributed by atoms with van der Waals surface area (Å²) in [6.45, 7) is 8.40. The topological polar surface area (TPSA) is 54.4 Å². The Morgan fingerprint density at radius 2 is 1.84 bits per heavy atom. The van der Waals surface area contributed by atoms with Gasteiger partial charge in [0.2, 0.25) is 0 Å². The van der Waals surface area contributed by atoms with Gasteiger partial charge >= 0.3 is 0 Å². The number of aliphatic hydroxyl groups is 1. The first-order valence-electron chi connectivity index (χ1n) is 10.1. The highest BCUT2D eigenvalue weighted by Gasteiger charge is 2.66. The Hall–Kier alpha value is -0.960. The molecule has 0 aromatic heterocycles. The maximum Gasteiger partial charge on any atom is 0.161 e. The first-order chi connectivity index (χ1) is 11.6. The van der Waals surface area contributed by atoms with Crippen LogP contribution in [-0.2, 0) is 9.59 Å². The van der Waals surface area contributed by atoms with Crippen molar-refractivity contribution in [2.45, 2.75) is 78.2 Å². The number of fused-ring (bicyclic) bond motifs is 5. The maximum absolute atomic E-state index is 12.3. The van der Waals surface area contributed by atoms with Gasteiger partial charge in [-0.25, -0.2) is 0 Å². The molecule has 3 nitrogen and oxygen atoms in total. The zero-order valence-electron chi connectivity index (χ0n) is 16.1. The Morgan fingerprint density at radius 1 is 1.16 bits per heavy atom. The van der Waals surface area contributed by atoms with Gasteiger partial charge in [-0.05, 0) is 80.6 Å². The van der Waals surface area contributed by atoms with Crippen LogP contribution < -0.4 is 0 Å². The number of allylic oxidation sites excluding steroid dienone is 1. The number of carbonyl (C=O) groups is 2. The summed E-state index contributed by atoms with van der Waals surface area (Å²) in [5.41, 5.74) is 0.107. The van der Waals surface area contributed by atoms with Crippen LogP contribution >= 0.6 is 0 Å². The Labute approximate surface area is 151 Å². The van der Waals surface area contributed by atoms with E-state index in [9.17, 15) is 14.7 Å². The summed E-state index contributed by atoms with van der Waals surface area (Å²) in [5, 5.41) is 11.2. The van der Waals surface area contributed by atoms with E-state index in [0.717, 1.165) is 32.1 Å². The largest absolute Gasteiger partial charge is 0.382 e. The summed E-state index contributed by atoms with van der Waals surface area (Å²) in [4.78, 5) is 24.3. The van der Waals surface area contributed by atoms with Crippen LogP contribution in [0, 0.1) is 34.5 Å². The van der Waals surface area contributed by atoms with Gasteiger partial charge in [0.05, 0.1) is 0 Å². The summed E-state index contributed by atoms with van der Waals surface area (Å²) >= 11 is 0. The number of hydrogen-bond donors (Lipinski definition) is 1. The molecule has 0 saturated heterocycles. The van der Waals surface area contributed by atoms with E-state index in [1.54, 1.807) is 6.92 Å². The molecule has 0 aromatic rings. The Bertz CT molecular complexity index is 664. The summed E-state index contributed by atoms with van der Waals surface area (Å²) in [5.74, 6) is 2.27. The van der Waals surface area contributed by atoms with Crippen molar-refractivity contribution >= 4 is 11.6 Å². The molecule has 4 aliphatic rings. The molecule has 0 radical (unpaired) electrons. The van der Waals surface area contributed by atoms with E-state index in [1.165, 1.54) is 5.57 Å². The van der Waals surface area contributed by atoms with Gasteiger partial charge in [-0.15, -0.1) is 0 Å². The van der Waals surface area contributed by atoms with Crippen molar-refractivity contribution in [2.24, 2.45) is 34.5 Å². The van der Waals surface area contributed by atoms with E-state index in [2.05, 4.69) is 20.8 Å². The Morgan fingerprint density at radius 3 is 2.52 bits per heavy atom. The molecule has 0 aliphatic heterocycles. The molecule has 0 heterocycles. The number of carbonyl (C=O) groups excluding carboxylic acids is 2. The molecule has 0 aromatic carbocycles. The molecule has 4 aliphatic carbocycles. The van der Waals surface area contributed by atoms with Crippen LogP contribution in [0.2, 0.25) is 0 Å². The predicted octanol–water partition coefficient (Wildman–Crippen LogP) is 4.08. The molecule has 3 fully saturated rings. The van der Waals surface area contributed by atoms with Crippen LogP contribution in [-0.4, -0.2) is 22.3 Å². The second-order valence-electron chi connectivity index (χ2n) is 9.91. The molecule has 4 rings (SSSR count). The molecule has 3 heteroatoms. The van der Waals surface area contributed by atoms with Crippen LogP contribution in [0.25, 0.3) is 0 Å². The fourth-order valence-corrected chi connectivity index (χ4v) is 7.58. The molecule has 1 N–H and O–H groups in total. The van der Waals surface area contributed by atoms with Crippen molar-refractivity contribution < 1.29 is 14.7 Å². The number of hydrogen-bond acceptors (Lipinski definition) is 3. The zero-order chi connectivity index (χ0) is 18.2. The van der Waals surface area contributed by atoms with E-state index in [1.807, 2.05) is 6.08 Å². The van der Waals surface area contributed by atoms with Gasteiger partial charge < -0.3 is 5.11 Å². The summed E-state index contributed by atoms with van der Waals surface area (Å²) in [6.07, 6.45) is 8.31. The summed E-state index contributed by atoms with van der Waals surface area (Å²) in [6, 6.07) is 0. The molecule has 0 spiro atoms. The highest BCUT2D eigenvalue weighted by molar-refractivity contribution is 5.91. The minimum Gasteiger partial charge on any atom is -0.382 e. The van der Waals surface area contributed by atoms with E-state index in [0.29, 0.717) is 42.3 Å². The predicted molar refractivity (Wildman–Crippen MR) is 96.9 cm³/mol. The van der Waals surface area contributed by atoms with E-state index < -0.39 is 5.60 Å². The highest BCUT2D eigenvalue weighted by Crippen LogP contribution is 2.68. The third-order valence-electron chi connectivity index (χ3n) is 9.01. The first-order valence-corrected chi connectivity index (χ1v) is 10.1. The average Bonchev–Trinajstić information content (AvgIpc) is 2.83. The Balaban J connectivity index is 1.73. The second kappa shape index (κ2) is 5.28. The number of rotatable bonds is 1. The summed E-state index contributed by atoms with van der Waals surface area (Å²) < 4.78 is 0. The van der Waals surface area contributed by atoms with Gasteiger partial charge in [0.25, 0.3) is 0 Å². The van der Waals surface area contributed by atoms with Crippen molar-refractivity contribution in [1.29, 1.82) is 0 Å². The molecule has 0 bridgehead atoms. The van der Waals surface area contributed by atoms with Crippen LogP contribution in [0.5, 0.6) is 0 Å². The number of Topliss-reactive ketones (excluding diaryl/α,β-unsaturated/α-hetero) is 1. The fourth-order valence-electron chi connectivity index (χ4n) is 7.58. The highest BCUT2D eigenvalue weighted by atomic mass is 16.3. The minimum absolute atomic E-state index is 0.0464. The lowest BCUT2D eigenvalue weighted by Gasteiger charge is -2.60. The van der Waals surface area contributed by atoms with E-state index >= 15 is 0 Å². The van der Waals surface area contributed by atoms with Crippen molar-refractivity contribution in [2.75, 3.05) is 0 Å². The second-order valence-corrected chi connectivity index (χ2v) is 9.91. The third kappa shape index (κ3) is 2.08. The quantitative estimate of drug-likeness (QED) is 0.779. The van der Waals surface area contributed by atoms with Gasteiger partial charge in [0, 0.05) is 11.8 Å². The lowest BCUT2D eigenvalue weighted by molar-refractivity contribution is -0.161. The fraction of sp³-hybridized carbons (Fsp3) is 0.818. The van der Waals surface area contributed by atoms with Gasteiger partial charge in [0.15, 0.2) is 11.6 Å². The first kappa shape index (κ1) is 17.5. The Kier molecular flexibility index (Phi) is 3.69. The van der Waals surface area contributed by atoms with Gasteiger partial charge in [-0.3, -0.25) is 9.59 Å². The van der Waals surface area contributed by atoms with Crippen molar-refractivity contribution in [1.82, 2.24) is 0 Å². The standard InChI is InChI=1S/C22H32O3/c1-13-11-16-17(20(3)8-5-15(24)12-19(13)20)6-9-21(4)18(16)7-10-22(21,25)14(2)23/h12-13,16-18,25H,5-11H2,1-4H3/t13-,16+,17-,18-,20-,21-,22-/m0/s1. The van der Waals surface area contributed by atoms with Gasteiger partial charge in [-0.1, -0.05) is 26.3 Å². The van der Waals surface area contributed by atoms with E-state index in [4.69, 9.17) is 0 Å². The molecule has 138 valence electrons. The molecular weight excluding hydrogens is 312 g/mol. The van der Waals surface area contributed by atoms with Gasteiger partial charge in [-0.2, -0.15) is 0 Å². The number of ketones is 2. The van der Waals surface area contributed by atoms with Crippen LogP contribution in [0.15, 0.2) is 11.6 Å². The minimum atomic E-state index is -1.13. The van der Waals surface area contributed by atoms with E-state index in [-0.39, 0.29) is 16.6 Å². The molecule has 0 unspecified atom stereocenters. The molecule has 0 amide bonds. The molecule has 25 heavy (non-hydrogen) atoms. The molecule has 3 saturated carbocycles. The zero-order valence-corrected chi connectivity index (χ0v) is 16.1. The maximum atomic E-state index is 12.3. The van der Waals surface area contributed by atoms with Crippen LogP contribution in [0.3, 0.4) is 0 Å². The van der Waals surface area contributed by atoms with Gasteiger partial charge in [0.1, 0.15) is 5.60 Å². The average molecular weight is 344 g/mol. The SMILES string of the molecule is CC(=O)[C@@]1(O)CC[C@H]2[C@@H]3C[C@H](C)C4=CC(=O)CC[C@@]4(C)[C@H]3CC[C@@]21C. The van der Waals surface area contributed by atoms with Crippen molar-refractivity contribution in [3.05, 3.63) is 11.6 Å². The van der Waals surface area contributed by atoms with Crippen molar-refractivity contribution in [3.8, 4) is 0 Å². The smallest absolute Gasteiger partial charge is 0.161 e. The third-order valence-corrected chi connectivity index (χ3v) is 9.01. The summed E-state index contributed by atoms with van der Waals surface area (Å²) in [7, 11) is 0.